The number of halogens is 9. The number of anilines is 1. The number of carbonyl (C=O) groups excluding carboxylic acids is 3. The molecule has 8 nitrogen and oxygen atoms in total. The van der Waals surface area contributed by atoms with Gasteiger partial charge in [-0.1, -0.05) is 30.3 Å². The highest BCUT2D eigenvalue weighted by molar-refractivity contribution is 5.99. The van der Waals surface area contributed by atoms with E-state index in [0.29, 0.717) is 0 Å². The monoisotopic (exact) mass is 613 g/mol. The van der Waals surface area contributed by atoms with Crippen LogP contribution in [-0.4, -0.2) is 62.4 Å². The van der Waals surface area contributed by atoms with Crippen molar-refractivity contribution in [1.29, 1.82) is 0 Å². The van der Waals surface area contributed by atoms with Gasteiger partial charge in [0.2, 0.25) is 0 Å². The molecule has 2 aromatic carbocycles. The SMILES string of the molecule is O=C([O-])C(F)(F)F.O=C([O-])C(F)(F)F.O=C(c1ccc(N2CC[NH+](c3cccc4ccccc34)CC2)[nH+]c1)C(F)(F)F. The van der Waals surface area contributed by atoms with Gasteiger partial charge in [0.1, 0.15) is 43.8 Å². The number of nitrogens with one attached hydrogen (secondary N) is 2. The first-order chi connectivity index (χ1) is 19.3. The summed E-state index contributed by atoms with van der Waals surface area (Å²) < 4.78 is 101. The lowest BCUT2D eigenvalue weighted by Gasteiger charge is -2.28. The number of hydrogen-bond acceptors (Lipinski definition) is 6. The summed E-state index contributed by atoms with van der Waals surface area (Å²) in [7, 11) is 0. The lowest BCUT2D eigenvalue weighted by atomic mass is 10.1. The van der Waals surface area contributed by atoms with Gasteiger partial charge in [0.15, 0.2) is 0 Å². The Kier molecular flexibility index (Phi) is 10.9. The molecule has 17 heteroatoms. The Labute approximate surface area is 230 Å². The largest absolute Gasteiger partial charge is 0.542 e. The smallest absolute Gasteiger partial charge is 0.455 e. The third kappa shape index (κ3) is 9.60. The number of hydrogen-bond donors (Lipinski definition) is 1. The number of pyridine rings is 1. The van der Waals surface area contributed by atoms with Crippen LogP contribution in [-0.2, 0) is 9.59 Å². The van der Waals surface area contributed by atoms with E-state index in [2.05, 4.69) is 40.2 Å². The molecule has 228 valence electrons. The molecule has 1 aromatic heterocycles. The van der Waals surface area contributed by atoms with E-state index < -0.39 is 36.3 Å². The van der Waals surface area contributed by atoms with Crippen LogP contribution in [0.2, 0.25) is 0 Å². The number of carboxylic acids is 2. The van der Waals surface area contributed by atoms with Gasteiger partial charge >= 0.3 is 18.5 Å². The van der Waals surface area contributed by atoms with Gasteiger partial charge in [-0.15, -0.1) is 0 Å². The Morgan fingerprint density at radius 3 is 1.67 bits per heavy atom. The van der Waals surface area contributed by atoms with Gasteiger partial charge in [-0.2, -0.15) is 39.5 Å². The van der Waals surface area contributed by atoms with Crippen molar-refractivity contribution in [2.45, 2.75) is 18.5 Å². The third-order valence-electron chi connectivity index (χ3n) is 5.66. The van der Waals surface area contributed by atoms with E-state index in [-0.39, 0.29) is 5.56 Å². The zero-order valence-electron chi connectivity index (χ0n) is 21.0. The fourth-order valence-corrected chi connectivity index (χ4v) is 3.74. The van der Waals surface area contributed by atoms with Crippen molar-refractivity contribution in [2.75, 3.05) is 31.1 Å². The topological polar surface area (TPSA) is 119 Å². The molecular formula is C25H20F9N3O5. The second kappa shape index (κ2) is 13.5. The Balaban J connectivity index is 0.000000367. The van der Waals surface area contributed by atoms with Gasteiger partial charge in [-0.05, 0) is 23.6 Å². The lowest BCUT2D eigenvalue weighted by molar-refractivity contribution is -0.832. The van der Waals surface area contributed by atoms with E-state index in [1.54, 1.807) is 6.07 Å². The molecule has 1 fully saturated rings. The highest BCUT2D eigenvalue weighted by Gasteiger charge is 2.40. The zero-order valence-corrected chi connectivity index (χ0v) is 21.0. The average molecular weight is 613 g/mol. The van der Waals surface area contributed by atoms with Crippen molar-refractivity contribution in [3.05, 3.63) is 66.4 Å². The number of Topliss-reactive ketones (excluding diaryl/α,β-unsaturated/α-hetero) is 1. The lowest BCUT2D eigenvalue weighted by Crippen LogP contribution is -3.10. The van der Waals surface area contributed by atoms with Crippen LogP contribution in [0.1, 0.15) is 10.4 Å². The minimum Gasteiger partial charge on any atom is -0.542 e. The van der Waals surface area contributed by atoms with E-state index in [4.69, 9.17) is 19.8 Å². The van der Waals surface area contributed by atoms with E-state index >= 15 is 0 Å². The van der Waals surface area contributed by atoms with Gasteiger partial charge in [0.05, 0.1) is 11.8 Å². The second-order valence-electron chi connectivity index (χ2n) is 8.48. The maximum Gasteiger partial charge on any atom is 0.455 e. The first-order valence-electron chi connectivity index (χ1n) is 11.6. The maximum atomic E-state index is 12.5. The fourth-order valence-electron chi connectivity index (χ4n) is 3.74. The van der Waals surface area contributed by atoms with E-state index in [1.807, 2.05) is 12.1 Å². The second-order valence-corrected chi connectivity index (χ2v) is 8.48. The first-order valence-corrected chi connectivity index (χ1v) is 11.6. The molecule has 3 aromatic rings. The van der Waals surface area contributed by atoms with Crippen molar-refractivity contribution in [2.24, 2.45) is 0 Å². The predicted octanol–water partition coefficient (Wildman–Crippen LogP) is 1.03. The van der Waals surface area contributed by atoms with Crippen molar-refractivity contribution in [3.63, 3.8) is 0 Å². The van der Waals surface area contributed by atoms with Gasteiger partial charge in [0, 0.05) is 11.5 Å². The molecular weight excluding hydrogens is 593 g/mol. The van der Waals surface area contributed by atoms with E-state index in [9.17, 15) is 44.3 Å². The summed E-state index contributed by atoms with van der Waals surface area (Å²) in [6, 6.07) is 17.4. The Hall–Kier alpha value is -4.41. The quantitative estimate of drug-likeness (QED) is 0.349. The van der Waals surface area contributed by atoms with Crippen LogP contribution < -0.4 is 25.0 Å². The first kappa shape index (κ1) is 33.8. The van der Waals surface area contributed by atoms with Crippen LogP contribution in [0.3, 0.4) is 0 Å². The molecule has 0 unspecified atom stereocenters. The molecule has 2 N–H and O–H groups in total. The van der Waals surface area contributed by atoms with E-state index in [0.717, 1.165) is 38.2 Å². The number of alkyl halides is 9. The average Bonchev–Trinajstić information content (AvgIpc) is 2.92. The van der Waals surface area contributed by atoms with Gasteiger partial charge in [-0.25, -0.2) is 4.98 Å². The third-order valence-corrected chi connectivity index (χ3v) is 5.66. The number of fused-ring (bicyclic) bond motifs is 1. The molecule has 0 saturated carbocycles. The molecule has 1 aliphatic rings. The van der Waals surface area contributed by atoms with Gasteiger partial charge in [0.25, 0.3) is 11.6 Å². The number of rotatable bonds is 3. The van der Waals surface area contributed by atoms with Crippen LogP contribution in [0.5, 0.6) is 0 Å². The summed E-state index contributed by atoms with van der Waals surface area (Å²) in [6.07, 6.45) is -14.1. The predicted molar refractivity (Wildman–Crippen MR) is 122 cm³/mol. The molecule has 2 heterocycles. The number of piperazine rings is 1. The minimum atomic E-state index is -5.19. The number of ketones is 1. The number of benzene rings is 2. The molecule has 0 amide bonds. The number of carboxylic acid groups (broad SMARTS) is 2. The van der Waals surface area contributed by atoms with Gasteiger partial charge in [-0.3, -0.25) is 14.6 Å². The van der Waals surface area contributed by atoms with Crippen LogP contribution in [0.25, 0.3) is 10.8 Å². The normalized spacial score (nSPS) is 14.3. The maximum absolute atomic E-state index is 12.5. The highest BCUT2D eigenvalue weighted by atomic mass is 19.4. The van der Waals surface area contributed by atoms with Crippen LogP contribution >= 0.6 is 0 Å². The number of aromatic nitrogens is 1. The van der Waals surface area contributed by atoms with Crippen molar-refractivity contribution < 1.29 is 74.0 Å². The number of aromatic amines is 1. The Morgan fingerprint density at radius 2 is 1.21 bits per heavy atom. The number of quaternary nitrogens is 1. The van der Waals surface area contributed by atoms with Crippen LogP contribution in [0.15, 0.2) is 60.8 Å². The summed E-state index contributed by atoms with van der Waals surface area (Å²) in [5.74, 6) is -7.13. The Morgan fingerprint density at radius 1 is 0.714 bits per heavy atom. The number of nitrogens with zero attached hydrogens (tertiary/aromatic N) is 1. The zero-order chi connectivity index (χ0) is 31.9. The molecule has 42 heavy (non-hydrogen) atoms. The molecule has 1 aliphatic heterocycles. The van der Waals surface area contributed by atoms with Crippen molar-refractivity contribution in [3.8, 4) is 0 Å². The minimum absolute atomic E-state index is 0.378. The summed E-state index contributed by atoms with van der Waals surface area (Å²) in [6.45, 7) is 3.29. The summed E-state index contributed by atoms with van der Waals surface area (Å²) >= 11 is 0. The van der Waals surface area contributed by atoms with Crippen LogP contribution in [0.4, 0.5) is 51.0 Å². The molecule has 0 spiro atoms. The standard InChI is InChI=1S/C21H18F3N3O.2C2HF3O2/c22-21(23,24)20(28)16-8-9-19(25-14-16)27-12-10-26(11-13-27)18-7-3-5-15-4-1-2-6-17(15)18;2*3-2(4,5)1(6)7/h1-9,14H,10-13H2;2*(H,6,7). The number of H-pyrrole nitrogens is 1. The molecule has 1 saturated heterocycles. The number of carbonyl (C=O) groups is 3. The Bertz CT molecular complexity index is 1350. The molecule has 0 atom stereocenters. The van der Waals surface area contributed by atoms with Crippen molar-refractivity contribution >= 4 is 40.0 Å². The molecule has 0 bridgehead atoms. The summed E-state index contributed by atoms with van der Waals surface area (Å²) in [5, 5.41) is 20.0. The molecule has 0 aliphatic carbocycles. The van der Waals surface area contributed by atoms with Crippen LogP contribution in [0, 0.1) is 0 Å². The summed E-state index contributed by atoms with van der Waals surface area (Å²) in [5.41, 5.74) is 0.893. The highest BCUT2D eigenvalue weighted by Crippen LogP contribution is 2.22. The van der Waals surface area contributed by atoms with Crippen molar-refractivity contribution in [1.82, 2.24) is 0 Å². The molecule has 0 radical (unpaired) electrons. The van der Waals surface area contributed by atoms with Gasteiger partial charge < -0.3 is 19.8 Å². The van der Waals surface area contributed by atoms with E-state index in [1.165, 1.54) is 27.4 Å². The fraction of sp³-hybridized carbons (Fsp3) is 0.280. The number of aliphatic carboxylic acids is 2. The summed E-state index contributed by atoms with van der Waals surface area (Å²) in [4.78, 5) is 35.2. The molecule has 4 rings (SSSR count).